The highest BCUT2D eigenvalue weighted by Crippen LogP contribution is 2.35. The molecule has 86 valence electrons. The molecule has 0 aromatic heterocycles. The van der Waals surface area contributed by atoms with Crippen LogP contribution in [0.25, 0.3) is 0 Å². The quantitative estimate of drug-likeness (QED) is 0.790. The Balaban J connectivity index is 2.48. The highest BCUT2D eigenvalue weighted by atomic mass is 16.5. The van der Waals surface area contributed by atoms with Gasteiger partial charge in [-0.05, 0) is 55.9 Å². The van der Waals surface area contributed by atoms with Crippen LogP contribution < -0.4 is 4.74 Å². The van der Waals surface area contributed by atoms with Gasteiger partial charge in [0, 0.05) is 0 Å². The molecule has 0 spiro atoms. The van der Waals surface area contributed by atoms with E-state index >= 15 is 0 Å². The minimum Gasteiger partial charge on any atom is -0.479 e. The van der Waals surface area contributed by atoms with Gasteiger partial charge in [-0.2, -0.15) is 0 Å². The van der Waals surface area contributed by atoms with E-state index in [0.29, 0.717) is 6.42 Å². The minimum atomic E-state index is -0.871. The standard InChI is InChI=1S/C13H16O3/c1-7-6-8(2)10-4-5-11(13(14)15)16-12(10)9(7)3/h6,11H,4-5H2,1-3H3,(H,14,15). The molecule has 1 heterocycles. The summed E-state index contributed by atoms with van der Waals surface area (Å²) >= 11 is 0. The first-order valence-corrected chi connectivity index (χ1v) is 5.50. The largest absolute Gasteiger partial charge is 0.479 e. The van der Waals surface area contributed by atoms with Gasteiger partial charge in [-0.15, -0.1) is 0 Å². The number of fused-ring (bicyclic) bond motifs is 1. The molecular formula is C13H16O3. The molecule has 1 aliphatic heterocycles. The zero-order chi connectivity index (χ0) is 11.9. The van der Waals surface area contributed by atoms with Gasteiger partial charge in [-0.3, -0.25) is 0 Å². The van der Waals surface area contributed by atoms with E-state index in [-0.39, 0.29) is 0 Å². The number of hydrogen-bond acceptors (Lipinski definition) is 2. The van der Waals surface area contributed by atoms with E-state index < -0.39 is 12.1 Å². The fraction of sp³-hybridized carbons (Fsp3) is 0.462. The molecule has 1 aliphatic rings. The number of aryl methyl sites for hydroxylation is 2. The van der Waals surface area contributed by atoms with E-state index in [1.807, 2.05) is 13.8 Å². The van der Waals surface area contributed by atoms with Crippen LogP contribution in [0.1, 0.15) is 28.7 Å². The maximum absolute atomic E-state index is 10.9. The van der Waals surface area contributed by atoms with Crippen LogP contribution in [0.5, 0.6) is 5.75 Å². The molecule has 3 nitrogen and oxygen atoms in total. The molecule has 0 saturated heterocycles. The van der Waals surface area contributed by atoms with E-state index in [4.69, 9.17) is 9.84 Å². The fourth-order valence-corrected chi connectivity index (χ4v) is 2.23. The molecule has 2 rings (SSSR count). The van der Waals surface area contributed by atoms with Crippen LogP contribution in [0, 0.1) is 20.8 Å². The molecule has 16 heavy (non-hydrogen) atoms. The van der Waals surface area contributed by atoms with Crippen molar-refractivity contribution >= 4 is 5.97 Å². The lowest BCUT2D eigenvalue weighted by molar-refractivity contribution is -0.145. The predicted molar refractivity (Wildman–Crippen MR) is 61.0 cm³/mol. The van der Waals surface area contributed by atoms with Crippen molar-refractivity contribution in [3.8, 4) is 5.75 Å². The summed E-state index contributed by atoms with van der Waals surface area (Å²) in [7, 11) is 0. The van der Waals surface area contributed by atoms with E-state index in [1.54, 1.807) is 0 Å². The second kappa shape index (κ2) is 3.81. The summed E-state index contributed by atoms with van der Waals surface area (Å²) in [5.74, 6) is -0.0830. The Morgan fingerprint density at radius 1 is 1.38 bits per heavy atom. The minimum absolute atomic E-state index is 0.561. The second-order valence-corrected chi connectivity index (χ2v) is 4.43. The maximum atomic E-state index is 10.9. The molecular weight excluding hydrogens is 204 g/mol. The summed E-state index contributed by atoms with van der Waals surface area (Å²) in [5.41, 5.74) is 4.58. The van der Waals surface area contributed by atoms with Crippen LogP contribution in [-0.4, -0.2) is 17.2 Å². The van der Waals surface area contributed by atoms with Gasteiger partial charge in [0.25, 0.3) is 0 Å². The summed E-state index contributed by atoms with van der Waals surface area (Å²) in [6.45, 7) is 6.06. The Morgan fingerprint density at radius 3 is 2.69 bits per heavy atom. The SMILES string of the molecule is Cc1cc(C)c2c(c1C)OC(C(=O)O)CC2. The van der Waals surface area contributed by atoms with Crippen LogP contribution in [0.2, 0.25) is 0 Å². The average molecular weight is 220 g/mol. The first-order chi connectivity index (χ1) is 7.50. The van der Waals surface area contributed by atoms with Crippen molar-refractivity contribution in [3.05, 3.63) is 28.3 Å². The first-order valence-electron chi connectivity index (χ1n) is 5.50. The van der Waals surface area contributed by atoms with E-state index in [2.05, 4.69) is 13.0 Å². The van der Waals surface area contributed by atoms with Crippen molar-refractivity contribution in [2.75, 3.05) is 0 Å². The summed E-state index contributed by atoms with van der Waals surface area (Å²) in [6.07, 6.45) is 0.665. The van der Waals surface area contributed by atoms with Crippen molar-refractivity contribution in [2.45, 2.75) is 39.7 Å². The molecule has 0 amide bonds. The third kappa shape index (κ3) is 1.66. The lowest BCUT2D eigenvalue weighted by Gasteiger charge is -2.27. The van der Waals surface area contributed by atoms with E-state index in [0.717, 1.165) is 23.3 Å². The molecule has 0 radical (unpaired) electrons. The van der Waals surface area contributed by atoms with Crippen LogP contribution in [0.3, 0.4) is 0 Å². The molecule has 0 bridgehead atoms. The summed E-state index contributed by atoms with van der Waals surface area (Å²) in [6, 6.07) is 2.14. The predicted octanol–water partition coefficient (Wildman–Crippen LogP) is 2.39. The number of aliphatic carboxylic acids is 1. The van der Waals surface area contributed by atoms with Gasteiger partial charge in [-0.1, -0.05) is 6.07 Å². The fourth-order valence-electron chi connectivity index (χ4n) is 2.23. The molecule has 1 aromatic carbocycles. The average Bonchev–Trinajstić information content (AvgIpc) is 2.25. The maximum Gasteiger partial charge on any atom is 0.344 e. The molecule has 1 aromatic rings. The molecule has 1 N–H and O–H groups in total. The lowest BCUT2D eigenvalue weighted by Crippen LogP contribution is -2.31. The third-order valence-corrected chi connectivity index (χ3v) is 3.31. The van der Waals surface area contributed by atoms with Crippen LogP contribution in [-0.2, 0) is 11.2 Å². The zero-order valence-electron chi connectivity index (χ0n) is 9.83. The number of rotatable bonds is 1. The third-order valence-electron chi connectivity index (χ3n) is 3.31. The number of hydrogen-bond donors (Lipinski definition) is 1. The second-order valence-electron chi connectivity index (χ2n) is 4.43. The Labute approximate surface area is 95.0 Å². The van der Waals surface area contributed by atoms with Gasteiger partial charge < -0.3 is 9.84 Å². The topological polar surface area (TPSA) is 46.5 Å². The van der Waals surface area contributed by atoms with Gasteiger partial charge in [0.2, 0.25) is 0 Å². The van der Waals surface area contributed by atoms with Crippen molar-refractivity contribution < 1.29 is 14.6 Å². The molecule has 0 saturated carbocycles. The van der Waals surface area contributed by atoms with Crippen molar-refractivity contribution in [1.29, 1.82) is 0 Å². The van der Waals surface area contributed by atoms with Crippen molar-refractivity contribution in [2.24, 2.45) is 0 Å². The van der Waals surface area contributed by atoms with E-state index in [9.17, 15) is 4.79 Å². The van der Waals surface area contributed by atoms with Crippen LogP contribution in [0.15, 0.2) is 6.07 Å². The molecule has 1 atom stereocenters. The summed E-state index contributed by atoms with van der Waals surface area (Å²) in [5, 5.41) is 8.97. The Hall–Kier alpha value is -1.51. The Morgan fingerprint density at radius 2 is 2.06 bits per heavy atom. The smallest absolute Gasteiger partial charge is 0.344 e. The highest BCUT2D eigenvalue weighted by molar-refractivity contribution is 5.73. The Kier molecular flexibility index (Phi) is 2.62. The number of ether oxygens (including phenoxy) is 1. The number of carboxylic acid groups (broad SMARTS) is 1. The lowest BCUT2D eigenvalue weighted by atomic mass is 9.93. The van der Waals surface area contributed by atoms with Gasteiger partial charge >= 0.3 is 5.97 Å². The zero-order valence-corrected chi connectivity index (χ0v) is 9.83. The van der Waals surface area contributed by atoms with Gasteiger partial charge in [0.1, 0.15) is 5.75 Å². The molecule has 3 heteroatoms. The van der Waals surface area contributed by atoms with Crippen LogP contribution >= 0.6 is 0 Å². The highest BCUT2D eigenvalue weighted by Gasteiger charge is 2.28. The molecule has 0 aliphatic carbocycles. The normalized spacial score (nSPS) is 18.8. The van der Waals surface area contributed by atoms with Crippen LogP contribution in [0.4, 0.5) is 0 Å². The Bertz CT molecular complexity index is 449. The summed E-state index contributed by atoms with van der Waals surface area (Å²) < 4.78 is 5.59. The van der Waals surface area contributed by atoms with Gasteiger partial charge in [0.15, 0.2) is 6.10 Å². The number of carboxylic acids is 1. The van der Waals surface area contributed by atoms with E-state index in [1.165, 1.54) is 11.1 Å². The number of carbonyl (C=O) groups is 1. The van der Waals surface area contributed by atoms with Crippen molar-refractivity contribution in [1.82, 2.24) is 0 Å². The van der Waals surface area contributed by atoms with Gasteiger partial charge in [0.05, 0.1) is 0 Å². The van der Waals surface area contributed by atoms with Gasteiger partial charge in [-0.25, -0.2) is 4.79 Å². The monoisotopic (exact) mass is 220 g/mol. The molecule has 1 unspecified atom stereocenters. The first kappa shape index (κ1) is 11.0. The molecule has 0 fully saturated rings. The summed E-state index contributed by atoms with van der Waals surface area (Å²) in [4.78, 5) is 10.9. The van der Waals surface area contributed by atoms with Crippen molar-refractivity contribution in [3.63, 3.8) is 0 Å². The number of benzene rings is 1.